The number of methoxy groups -OCH3 is 1. The number of para-hydroxylation sites is 1. The van der Waals surface area contributed by atoms with Gasteiger partial charge in [-0.15, -0.1) is 0 Å². The van der Waals surface area contributed by atoms with E-state index < -0.39 is 0 Å². The summed E-state index contributed by atoms with van der Waals surface area (Å²) in [7, 11) is 1.56. The van der Waals surface area contributed by atoms with Crippen molar-refractivity contribution < 1.29 is 19.1 Å². The molecule has 4 rings (SSSR count). The average Bonchev–Trinajstić information content (AvgIpc) is 2.90. The number of carbonyl (C=O) groups excluding carboxylic acids is 3. The van der Waals surface area contributed by atoms with Gasteiger partial charge in [0.15, 0.2) is 0 Å². The van der Waals surface area contributed by atoms with Crippen molar-refractivity contribution >= 4 is 29.2 Å². The minimum Gasteiger partial charge on any atom is -0.497 e. The van der Waals surface area contributed by atoms with Gasteiger partial charge in [-0.25, -0.2) is 4.98 Å². The number of amides is 3. The molecule has 2 heterocycles. The highest BCUT2D eigenvalue weighted by atomic mass is 16.5. The number of likely N-dealkylation sites (tertiary alicyclic amines) is 1. The molecule has 0 bridgehead atoms. The van der Waals surface area contributed by atoms with Gasteiger partial charge in [0.1, 0.15) is 11.6 Å². The van der Waals surface area contributed by atoms with Crippen molar-refractivity contribution in [2.45, 2.75) is 19.8 Å². The van der Waals surface area contributed by atoms with E-state index in [1.54, 1.807) is 72.8 Å². The SMILES string of the molecule is COc1ccc(C(=O)Nc2ccccc2C(=O)N2CCC(C(=O)Nc3ccc(C)cn3)CC2)cc1. The molecule has 180 valence electrons. The van der Waals surface area contributed by atoms with Crippen LogP contribution in [0.15, 0.2) is 66.9 Å². The summed E-state index contributed by atoms with van der Waals surface area (Å²) in [6.45, 7) is 2.85. The van der Waals surface area contributed by atoms with Gasteiger partial charge in [0.05, 0.1) is 18.4 Å². The van der Waals surface area contributed by atoms with Crippen LogP contribution >= 0.6 is 0 Å². The molecule has 0 aliphatic carbocycles. The summed E-state index contributed by atoms with van der Waals surface area (Å²) in [5.74, 6) is 0.431. The summed E-state index contributed by atoms with van der Waals surface area (Å²) in [4.78, 5) is 44.6. The minimum atomic E-state index is -0.312. The molecule has 1 aliphatic rings. The molecule has 2 aromatic carbocycles. The molecule has 2 N–H and O–H groups in total. The molecule has 0 radical (unpaired) electrons. The van der Waals surface area contributed by atoms with Crippen LogP contribution in [0.5, 0.6) is 5.75 Å². The van der Waals surface area contributed by atoms with Crippen molar-refractivity contribution in [1.82, 2.24) is 9.88 Å². The zero-order chi connectivity index (χ0) is 24.8. The van der Waals surface area contributed by atoms with Gasteiger partial charge in [-0.3, -0.25) is 14.4 Å². The fraction of sp³-hybridized carbons (Fsp3) is 0.259. The molecule has 0 saturated carbocycles. The minimum absolute atomic E-state index is 0.0828. The summed E-state index contributed by atoms with van der Waals surface area (Å²) in [5.41, 5.74) is 2.35. The number of rotatable bonds is 6. The number of hydrogen-bond donors (Lipinski definition) is 2. The molecule has 8 heteroatoms. The Kier molecular flexibility index (Phi) is 7.40. The van der Waals surface area contributed by atoms with Gasteiger partial charge in [-0.2, -0.15) is 0 Å². The first-order chi connectivity index (χ1) is 16.9. The van der Waals surface area contributed by atoms with Crippen LogP contribution in [0.1, 0.15) is 39.1 Å². The van der Waals surface area contributed by atoms with Crippen LogP contribution in [0.2, 0.25) is 0 Å². The summed E-state index contributed by atoms with van der Waals surface area (Å²) in [6, 6.07) is 17.4. The molecule has 0 spiro atoms. The highest BCUT2D eigenvalue weighted by Gasteiger charge is 2.29. The van der Waals surface area contributed by atoms with Crippen LogP contribution < -0.4 is 15.4 Å². The van der Waals surface area contributed by atoms with Crippen LogP contribution in [0.4, 0.5) is 11.5 Å². The molecule has 3 aromatic rings. The molecule has 1 aliphatic heterocycles. The van der Waals surface area contributed by atoms with E-state index in [1.807, 2.05) is 13.0 Å². The van der Waals surface area contributed by atoms with Gasteiger partial charge < -0.3 is 20.3 Å². The first-order valence-electron chi connectivity index (χ1n) is 11.5. The number of pyridine rings is 1. The number of anilines is 2. The zero-order valence-corrected chi connectivity index (χ0v) is 19.8. The third-order valence-electron chi connectivity index (χ3n) is 6.07. The van der Waals surface area contributed by atoms with Gasteiger partial charge in [-0.05, 0) is 67.8 Å². The summed E-state index contributed by atoms with van der Waals surface area (Å²) in [5, 5.41) is 5.70. The van der Waals surface area contributed by atoms with E-state index in [9.17, 15) is 14.4 Å². The van der Waals surface area contributed by atoms with E-state index in [4.69, 9.17) is 4.74 Å². The number of nitrogens with one attached hydrogen (secondary N) is 2. The van der Waals surface area contributed by atoms with Crippen LogP contribution in [-0.2, 0) is 4.79 Å². The first kappa shape index (κ1) is 23.9. The predicted molar refractivity (Wildman–Crippen MR) is 134 cm³/mol. The molecule has 0 unspecified atom stereocenters. The van der Waals surface area contributed by atoms with Crippen molar-refractivity contribution in [3.63, 3.8) is 0 Å². The quantitative estimate of drug-likeness (QED) is 0.562. The predicted octanol–water partition coefficient (Wildman–Crippen LogP) is 4.14. The maximum atomic E-state index is 13.3. The smallest absolute Gasteiger partial charge is 0.255 e. The third-order valence-corrected chi connectivity index (χ3v) is 6.07. The second-order valence-electron chi connectivity index (χ2n) is 8.50. The number of hydrogen-bond acceptors (Lipinski definition) is 5. The second-order valence-corrected chi connectivity index (χ2v) is 8.50. The maximum absolute atomic E-state index is 13.3. The highest BCUT2D eigenvalue weighted by Crippen LogP contribution is 2.24. The third kappa shape index (κ3) is 5.84. The normalized spacial score (nSPS) is 13.7. The van der Waals surface area contributed by atoms with Crippen molar-refractivity contribution in [2.24, 2.45) is 5.92 Å². The Morgan fingerprint density at radius 3 is 2.31 bits per heavy atom. The number of ether oxygens (including phenoxy) is 1. The van der Waals surface area contributed by atoms with Crippen LogP contribution in [0.25, 0.3) is 0 Å². The van der Waals surface area contributed by atoms with Crippen molar-refractivity contribution in [2.75, 3.05) is 30.8 Å². The van der Waals surface area contributed by atoms with Crippen molar-refractivity contribution in [3.05, 3.63) is 83.6 Å². The molecule has 0 atom stereocenters. The second kappa shape index (κ2) is 10.8. The van der Waals surface area contributed by atoms with E-state index >= 15 is 0 Å². The van der Waals surface area contributed by atoms with Crippen molar-refractivity contribution in [1.29, 1.82) is 0 Å². The Bertz CT molecular complexity index is 1200. The van der Waals surface area contributed by atoms with Gasteiger partial charge in [0.25, 0.3) is 11.8 Å². The van der Waals surface area contributed by atoms with E-state index in [-0.39, 0.29) is 23.6 Å². The van der Waals surface area contributed by atoms with Crippen LogP contribution in [0, 0.1) is 12.8 Å². The lowest BCUT2D eigenvalue weighted by atomic mass is 9.95. The molecule has 35 heavy (non-hydrogen) atoms. The largest absolute Gasteiger partial charge is 0.497 e. The Morgan fingerprint density at radius 1 is 0.943 bits per heavy atom. The number of piperidine rings is 1. The lowest BCUT2D eigenvalue weighted by Crippen LogP contribution is -2.41. The number of aromatic nitrogens is 1. The monoisotopic (exact) mass is 472 g/mol. The van der Waals surface area contributed by atoms with Crippen LogP contribution in [-0.4, -0.2) is 47.8 Å². The van der Waals surface area contributed by atoms with Crippen molar-refractivity contribution in [3.8, 4) is 5.75 Å². The van der Waals surface area contributed by atoms with E-state index in [2.05, 4.69) is 15.6 Å². The molecular weight excluding hydrogens is 444 g/mol. The molecule has 1 saturated heterocycles. The summed E-state index contributed by atoms with van der Waals surface area (Å²) >= 11 is 0. The molecule has 8 nitrogen and oxygen atoms in total. The van der Waals surface area contributed by atoms with E-state index in [0.717, 1.165) is 5.56 Å². The number of aryl methyl sites for hydroxylation is 1. The van der Waals surface area contributed by atoms with Gasteiger partial charge in [-0.1, -0.05) is 18.2 Å². The fourth-order valence-electron chi connectivity index (χ4n) is 4.00. The Hall–Kier alpha value is -4.20. The molecule has 1 aromatic heterocycles. The standard InChI is InChI=1S/C27H28N4O4/c1-18-7-12-24(28-17-18)30-26(33)20-13-15-31(16-14-20)27(34)22-5-3-4-6-23(22)29-25(32)19-8-10-21(35-2)11-9-19/h3-12,17,20H,13-16H2,1-2H3,(H,29,32)(H,28,30,33). The number of nitrogens with zero attached hydrogens (tertiary/aromatic N) is 2. The molecular formula is C27H28N4O4. The average molecular weight is 473 g/mol. The Morgan fingerprint density at radius 2 is 1.66 bits per heavy atom. The molecule has 1 fully saturated rings. The van der Waals surface area contributed by atoms with Gasteiger partial charge in [0.2, 0.25) is 5.91 Å². The summed E-state index contributed by atoms with van der Waals surface area (Å²) in [6.07, 6.45) is 2.83. The van der Waals surface area contributed by atoms with Gasteiger partial charge >= 0.3 is 0 Å². The number of carbonyl (C=O) groups is 3. The maximum Gasteiger partial charge on any atom is 0.255 e. The Labute approximate surface area is 204 Å². The summed E-state index contributed by atoms with van der Waals surface area (Å²) < 4.78 is 5.13. The fourth-order valence-corrected chi connectivity index (χ4v) is 4.00. The topological polar surface area (TPSA) is 101 Å². The van der Waals surface area contributed by atoms with Gasteiger partial charge in [0, 0.05) is 30.8 Å². The zero-order valence-electron chi connectivity index (χ0n) is 19.8. The lowest BCUT2D eigenvalue weighted by molar-refractivity contribution is -0.121. The lowest BCUT2D eigenvalue weighted by Gasteiger charge is -2.31. The van der Waals surface area contributed by atoms with E-state index in [0.29, 0.717) is 54.3 Å². The van der Waals surface area contributed by atoms with Crippen LogP contribution in [0.3, 0.4) is 0 Å². The number of benzene rings is 2. The first-order valence-corrected chi connectivity index (χ1v) is 11.5. The highest BCUT2D eigenvalue weighted by molar-refractivity contribution is 6.09. The Balaban J connectivity index is 1.37. The molecule has 3 amide bonds. The van der Waals surface area contributed by atoms with E-state index in [1.165, 1.54) is 0 Å².